The fourth-order valence-corrected chi connectivity index (χ4v) is 2.03. The topological polar surface area (TPSA) is 35.3 Å². The summed E-state index contributed by atoms with van der Waals surface area (Å²) in [6.07, 6.45) is 2.89. The lowest BCUT2D eigenvalue weighted by Gasteiger charge is -1.99. The van der Waals surface area contributed by atoms with Crippen molar-refractivity contribution >= 4 is 11.9 Å². The number of rotatable bonds is 4. The first-order valence-electron chi connectivity index (χ1n) is 6.79. The van der Waals surface area contributed by atoms with Gasteiger partial charge in [-0.1, -0.05) is 42.5 Å². The standard InChI is InChI=1S/C18H14FNO2/c1-21-15-9-7-13(8-10-15)11-16(19)18-20-12-17(22-18)14-5-3-2-4-6-14/h2-12H,1H3/b16-11-. The predicted octanol–water partition coefficient (Wildman–Crippen LogP) is 4.82. The Morgan fingerprint density at radius 1 is 1.09 bits per heavy atom. The Bertz CT molecular complexity index is 776. The van der Waals surface area contributed by atoms with E-state index in [0.29, 0.717) is 11.3 Å². The van der Waals surface area contributed by atoms with Gasteiger partial charge in [-0.3, -0.25) is 0 Å². The number of methoxy groups -OCH3 is 1. The summed E-state index contributed by atoms with van der Waals surface area (Å²) in [6, 6.07) is 16.5. The highest BCUT2D eigenvalue weighted by atomic mass is 19.1. The van der Waals surface area contributed by atoms with Crippen molar-refractivity contribution in [2.24, 2.45) is 0 Å². The van der Waals surface area contributed by atoms with E-state index in [1.165, 1.54) is 12.3 Å². The van der Waals surface area contributed by atoms with Gasteiger partial charge in [0.1, 0.15) is 5.75 Å². The molecule has 1 aromatic heterocycles. The van der Waals surface area contributed by atoms with Crippen LogP contribution in [0, 0.1) is 0 Å². The maximum absolute atomic E-state index is 14.2. The van der Waals surface area contributed by atoms with Gasteiger partial charge in [0.05, 0.1) is 13.3 Å². The molecule has 0 spiro atoms. The zero-order chi connectivity index (χ0) is 15.4. The molecule has 0 radical (unpaired) electrons. The Morgan fingerprint density at radius 2 is 1.82 bits per heavy atom. The number of aromatic nitrogens is 1. The third-order valence-corrected chi connectivity index (χ3v) is 3.18. The van der Waals surface area contributed by atoms with Crippen molar-refractivity contribution in [1.82, 2.24) is 4.98 Å². The van der Waals surface area contributed by atoms with Gasteiger partial charge in [0.2, 0.25) is 0 Å². The summed E-state index contributed by atoms with van der Waals surface area (Å²) in [6.45, 7) is 0. The van der Waals surface area contributed by atoms with Crippen LogP contribution in [0.4, 0.5) is 4.39 Å². The molecule has 4 heteroatoms. The van der Waals surface area contributed by atoms with E-state index in [2.05, 4.69) is 4.98 Å². The van der Waals surface area contributed by atoms with Crippen LogP contribution in [0.1, 0.15) is 11.5 Å². The first-order valence-corrected chi connectivity index (χ1v) is 6.79. The summed E-state index contributed by atoms with van der Waals surface area (Å²) in [4.78, 5) is 3.99. The van der Waals surface area contributed by atoms with Gasteiger partial charge in [-0.05, 0) is 23.8 Å². The Morgan fingerprint density at radius 3 is 2.50 bits per heavy atom. The van der Waals surface area contributed by atoms with Gasteiger partial charge >= 0.3 is 0 Å². The smallest absolute Gasteiger partial charge is 0.256 e. The summed E-state index contributed by atoms with van der Waals surface area (Å²) in [5, 5.41) is 0. The minimum absolute atomic E-state index is 0.0327. The van der Waals surface area contributed by atoms with Gasteiger partial charge in [0.15, 0.2) is 11.6 Å². The minimum atomic E-state index is -0.521. The molecule has 3 rings (SSSR count). The third-order valence-electron chi connectivity index (χ3n) is 3.18. The number of nitrogens with zero attached hydrogens (tertiary/aromatic N) is 1. The molecule has 0 N–H and O–H groups in total. The number of benzene rings is 2. The highest BCUT2D eigenvalue weighted by molar-refractivity contribution is 5.74. The third kappa shape index (κ3) is 3.06. The number of oxazole rings is 1. The van der Waals surface area contributed by atoms with E-state index in [1.54, 1.807) is 31.4 Å². The van der Waals surface area contributed by atoms with E-state index >= 15 is 0 Å². The molecule has 0 unspecified atom stereocenters. The van der Waals surface area contributed by atoms with Gasteiger partial charge in [-0.15, -0.1) is 0 Å². The van der Waals surface area contributed by atoms with Gasteiger partial charge in [0.25, 0.3) is 5.89 Å². The number of hydrogen-bond acceptors (Lipinski definition) is 3. The van der Waals surface area contributed by atoms with Crippen LogP contribution >= 0.6 is 0 Å². The van der Waals surface area contributed by atoms with E-state index in [1.807, 2.05) is 30.3 Å². The highest BCUT2D eigenvalue weighted by Crippen LogP contribution is 2.25. The zero-order valence-corrected chi connectivity index (χ0v) is 12.0. The summed E-state index contributed by atoms with van der Waals surface area (Å²) in [5.74, 6) is 0.705. The molecule has 0 atom stereocenters. The highest BCUT2D eigenvalue weighted by Gasteiger charge is 2.10. The molecule has 0 amide bonds. The van der Waals surface area contributed by atoms with Crippen molar-refractivity contribution in [2.75, 3.05) is 7.11 Å². The molecule has 3 nitrogen and oxygen atoms in total. The Kier molecular flexibility index (Phi) is 4.01. The maximum Gasteiger partial charge on any atom is 0.256 e. The first kappa shape index (κ1) is 14.1. The molecule has 0 aliphatic rings. The van der Waals surface area contributed by atoms with Crippen LogP contribution in [0.5, 0.6) is 5.75 Å². The predicted molar refractivity (Wildman–Crippen MR) is 83.9 cm³/mol. The molecule has 0 bridgehead atoms. The summed E-state index contributed by atoms with van der Waals surface area (Å²) < 4.78 is 24.7. The Hall–Kier alpha value is -2.88. The van der Waals surface area contributed by atoms with E-state index in [4.69, 9.17) is 9.15 Å². The molecule has 0 aliphatic carbocycles. The molecule has 0 saturated heterocycles. The van der Waals surface area contributed by atoms with E-state index in [9.17, 15) is 4.39 Å². The quantitative estimate of drug-likeness (QED) is 0.692. The van der Waals surface area contributed by atoms with Crippen LogP contribution in [0.25, 0.3) is 23.2 Å². The van der Waals surface area contributed by atoms with Gasteiger partial charge in [0, 0.05) is 5.56 Å². The lowest BCUT2D eigenvalue weighted by atomic mass is 10.2. The average Bonchev–Trinajstić information content (AvgIpc) is 3.06. The number of halogens is 1. The number of hydrogen-bond donors (Lipinski definition) is 0. The van der Waals surface area contributed by atoms with Crippen molar-refractivity contribution in [3.8, 4) is 17.1 Å². The summed E-state index contributed by atoms with van der Waals surface area (Å²) in [5.41, 5.74) is 1.57. The molecule has 3 aromatic rings. The van der Waals surface area contributed by atoms with E-state index < -0.39 is 5.83 Å². The second kappa shape index (κ2) is 6.26. The monoisotopic (exact) mass is 295 g/mol. The molecule has 22 heavy (non-hydrogen) atoms. The summed E-state index contributed by atoms with van der Waals surface area (Å²) >= 11 is 0. The van der Waals surface area contributed by atoms with Crippen LogP contribution in [0.3, 0.4) is 0 Å². The van der Waals surface area contributed by atoms with Crippen LogP contribution in [0.15, 0.2) is 65.2 Å². The van der Waals surface area contributed by atoms with E-state index in [0.717, 1.165) is 11.3 Å². The fourth-order valence-electron chi connectivity index (χ4n) is 2.03. The lowest BCUT2D eigenvalue weighted by Crippen LogP contribution is -1.82. The molecule has 2 aromatic carbocycles. The lowest BCUT2D eigenvalue weighted by molar-refractivity contribution is 0.415. The maximum atomic E-state index is 14.2. The van der Waals surface area contributed by atoms with Crippen LogP contribution in [-0.2, 0) is 0 Å². The SMILES string of the molecule is COc1ccc(/C=C(\F)c2ncc(-c3ccccc3)o2)cc1. The molecule has 0 aliphatic heterocycles. The van der Waals surface area contributed by atoms with Crippen LogP contribution < -0.4 is 4.74 Å². The van der Waals surface area contributed by atoms with Crippen molar-refractivity contribution in [3.63, 3.8) is 0 Å². The molecular formula is C18H14FNO2. The number of ether oxygens (including phenoxy) is 1. The van der Waals surface area contributed by atoms with Gasteiger partial charge < -0.3 is 9.15 Å². The van der Waals surface area contributed by atoms with Crippen LogP contribution in [-0.4, -0.2) is 12.1 Å². The molecule has 110 valence electrons. The molecular weight excluding hydrogens is 281 g/mol. The van der Waals surface area contributed by atoms with Crippen molar-refractivity contribution in [3.05, 3.63) is 72.2 Å². The summed E-state index contributed by atoms with van der Waals surface area (Å²) in [7, 11) is 1.59. The first-order chi connectivity index (χ1) is 10.8. The van der Waals surface area contributed by atoms with Crippen molar-refractivity contribution in [2.45, 2.75) is 0 Å². The zero-order valence-electron chi connectivity index (χ0n) is 12.0. The average molecular weight is 295 g/mol. The van der Waals surface area contributed by atoms with Gasteiger partial charge in [-0.2, -0.15) is 0 Å². The second-order valence-corrected chi connectivity index (χ2v) is 4.66. The van der Waals surface area contributed by atoms with Gasteiger partial charge in [-0.25, -0.2) is 9.37 Å². The normalized spacial score (nSPS) is 11.5. The Labute approximate surface area is 127 Å². The van der Waals surface area contributed by atoms with E-state index in [-0.39, 0.29) is 5.89 Å². The van der Waals surface area contributed by atoms with Crippen molar-refractivity contribution in [1.29, 1.82) is 0 Å². The molecule has 0 fully saturated rings. The van der Waals surface area contributed by atoms with Crippen molar-refractivity contribution < 1.29 is 13.5 Å². The second-order valence-electron chi connectivity index (χ2n) is 4.66. The molecule has 0 saturated carbocycles. The van der Waals surface area contributed by atoms with Crippen LogP contribution in [0.2, 0.25) is 0 Å². The fraction of sp³-hybridized carbons (Fsp3) is 0.0556. The minimum Gasteiger partial charge on any atom is -0.497 e. The molecule has 1 heterocycles. The largest absolute Gasteiger partial charge is 0.497 e. The Balaban J connectivity index is 1.84.